The van der Waals surface area contributed by atoms with E-state index >= 15 is 0 Å². The van der Waals surface area contributed by atoms with E-state index in [4.69, 9.17) is 19.5 Å². The fourth-order valence-corrected chi connectivity index (χ4v) is 6.95. The van der Waals surface area contributed by atoms with E-state index in [-0.39, 0.29) is 30.2 Å². The molecule has 6 heteroatoms. The highest BCUT2D eigenvalue weighted by Crippen LogP contribution is 2.42. The van der Waals surface area contributed by atoms with Crippen molar-refractivity contribution < 1.29 is 29.2 Å². The smallest absolute Gasteiger partial charge is 0.309 e. The molecular weight excluding hydrogens is 480 g/mol. The highest BCUT2D eigenvalue weighted by atomic mass is 17.1. The largest absolute Gasteiger partial charge is 0.462 e. The summed E-state index contributed by atoms with van der Waals surface area (Å²) in [6.07, 6.45) is 24.1. The van der Waals surface area contributed by atoms with E-state index in [0.717, 1.165) is 82.1 Å². The van der Waals surface area contributed by atoms with Crippen LogP contribution < -0.4 is 0 Å². The molecule has 3 aliphatic rings. The Labute approximate surface area is 232 Å². The van der Waals surface area contributed by atoms with E-state index in [2.05, 4.69) is 18.4 Å². The molecule has 0 aromatic carbocycles. The number of carbonyl (C=O) groups excluding carboxylic acids is 2. The molecule has 0 aromatic rings. The lowest BCUT2D eigenvalue weighted by Gasteiger charge is -2.38. The van der Waals surface area contributed by atoms with Crippen LogP contribution in [0, 0.1) is 23.7 Å². The zero-order valence-corrected chi connectivity index (χ0v) is 24.2. The van der Waals surface area contributed by atoms with Gasteiger partial charge in [-0.15, -0.1) is 6.58 Å². The van der Waals surface area contributed by atoms with Crippen LogP contribution in [-0.2, 0) is 24.0 Å². The third kappa shape index (κ3) is 11.9. The van der Waals surface area contributed by atoms with Crippen molar-refractivity contribution in [1.29, 1.82) is 0 Å². The van der Waals surface area contributed by atoms with Crippen molar-refractivity contribution >= 4 is 12.8 Å². The molecule has 3 saturated carbocycles. The molecule has 220 valence electrons. The zero-order valence-electron chi connectivity index (χ0n) is 24.2. The van der Waals surface area contributed by atoms with Crippen molar-refractivity contribution in [2.75, 3.05) is 6.61 Å². The lowest BCUT2D eigenvalue weighted by molar-refractivity contribution is -0.267. The highest BCUT2D eigenvalue weighted by molar-refractivity contribution is 5.72. The molecular formula is C32H56O6. The van der Waals surface area contributed by atoms with Gasteiger partial charge in [-0.1, -0.05) is 51.5 Å². The maximum atomic E-state index is 12.8. The number of unbranched alkanes of at least 4 members (excludes halogenated alkanes) is 3. The second-order valence-corrected chi connectivity index (χ2v) is 12.0. The molecule has 1 unspecified atom stereocenters. The SMILES string of the molecule is C=CC(CCCCOC1CCC(C(=O)OC2CCC(C3CCC(CCCCC)CC3)CC2)CC1)OO.C=O. The summed E-state index contributed by atoms with van der Waals surface area (Å²) in [5.41, 5.74) is 0. The lowest BCUT2D eigenvalue weighted by atomic mass is 9.70. The third-order valence-electron chi connectivity index (χ3n) is 9.42. The minimum absolute atomic E-state index is 0.0453. The number of carbonyl (C=O) groups is 2. The zero-order chi connectivity index (χ0) is 27.6. The van der Waals surface area contributed by atoms with Gasteiger partial charge in [-0.05, 0) is 101 Å². The summed E-state index contributed by atoms with van der Waals surface area (Å²) in [5.74, 6) is 2.88. The first-order valence-corrected chi connectivity index (χ1v) is 15.7. The van der Waals surface area contributed by atoms with E-state index in [9.17, 15) is 4.79 Å². The number of esters is 1. The summed E-state index contributed by atoms with van der Waals surface area (Å²) in [7, 11) is 0. The normalized spacial score (nSPS) is 30.5. The Morgan fingerprint density at radius 2 is 1.45 bits per heavy atom. The highest BCUT2D eigenvalue weighted by Gasteiger charge is 2.34. The Balaban J connectivity index is 0.00000247. The molecule has 3 fully saturated rings. The predicted octanol–water partition coefficient (Wildman–Crippen LogP) is 8.08. The van der Waals surface area contributed by atoms with Gasteiger partial charge in [0.2, 0.25) is 0 Å². The minimum Gasteiger partial charge on any atom is -0.462 e. The number of rotatable bonds is 15. The van der Waals surface area contributed by atoms with Gasteiger partial charge < -0.3 is 14.3 Å². The molecule has 0 saturated heterocycles. The molecule has 0 radical (unpaired) electrons. The van der Waals surface area contributed by atoms with Gasteiger partial charge in [-0.25, -0.2) is 4.89 Å². The van der Waals surface area contributed by atoms with Gasteiger partial charge in [-0.3, -0.25) is 10.1 Å². The Morgan fingerprint density at radius 1 is 0.842 bits per heavy atom. The fourth-order valence-electron chi connectivity index (χ4n) is 6.95. The standard InChI is InChI=1S/C31H54O5.CH2O/c1-3-5-6-9-24-11-13-25(14-12-24)26-15-21-30(22-16-26)35-31(32)27-17-19-29(20-18-27)34-23-8-7-10-28(4-2)36-33;1-2/h4,24-30,33H,2-3,5-23H2,1H3;1H2. The molecule has 0 heterocycles. The second-order valence-electron chi connectivity index (χ2n) is 12.0. The van der Waals surface area contributed by atoms with Gasteiger partial charge in [0, 0.05) is 6.61 Å². The fraction of sp³-hybridized carbons (Fsp3) is 0.875. The van der Waals surface area contributed by atoms with Gasteiger partial charge in [0.1, 0.15) is 19.0 Å². The third-order valence-corrected chi connectivity index (χ3v) is 9.42. The first kappa shape index (κ1) is 33.0. The van der Waals surface area contributed by atoms with Crippen LogP contribution in [0.15, 0.2) is 12.7 Å². The Bertz CT molecular complexity index is 615. The summed E-state index contributed by atoms with van der Waals surface area (Å²) in [6, 6.07) is 0. The van der Waals surface area contributed by atoms with Crippen LogP contribution in [0.5, 0.6) is 0 Å². The van der Waals surface area contributed by atoms with Crippen molar-refractivity contribution in [3.8, 4) is 0 Å². The first-order chi connectivity index (χ1) is 18.6. The average molecular weight is 537 g/mol. The molecule has 0 spiro atoms. The Morgan fingerprint density at radius 3 is 2.03 bits per heavy atom. The molecule has 3 rings (SSSR count). The summed E-state index contributed by atoms with van der Waals surface area (Å²) >= 11 is 0. The molecule has 38 heavy (non-hydrogen) atoms. The van der Waals surface area contributed by atoms with Crippen LogP contribution >= 0.6 is 0 Å². The summed E-state index contributed by atoms with van der Waals surface area (Å²) in [6.45, 7) is 8.66. The summed E-state index contributed by atoms with van der Waals surface area (Å²) < 4.78 is 12.0. The molecule has 1 atom stereocenters. The van der Waals surface area contributed by atoms with Crippen LogP contribution in [0.2, 0.25) is 0 Å². The molecule has 0 aliphatic heterocycles. The molecule has 6 nitrogen and oxygen atoms in total. The van der Waals surface area contributed by atoms with Crippen molar-refractivity contribution in [2.45, 2.75) is 147 Å². The minimum atomic E-state index is -0.290. The quantitative estimate of drug-likeness (QED) is 0.0749. The van der Waals surface area contributed by atoms with Gasteiger partial charge in [0.25, 0.3) is 0 Å². The molecule has 3 aliphatic carbocycles. The van der Waals surface area contributed by atoms with Crippen molar-refractivity contribution in [3.05, 3.63) is 12.7 Å². The number of hydrogen-bond donors (Lipinski definition) is 1. The molecule has 0 bridgehead atoms. The lowest BCUT2D eigenvalue weighted by Crippen LogP contribution is -2.33. The van der Waals surface area contributed by atoms with Gasteiger partial charge in [0.05, 0.1) is 12.0 Å². The van der Waals surface area contributed by atoms with E-state index in [1.165, 1.54) is 64.2 Å². The van der Waals surface area contributed by atoms with E-state index in [1.807, 2.05) is 6.79 Å². The average Bonchev–Trinajstić information content (AvgIpc) is 2.97. The maximum absolute atomic E-state index is 12.8. The molecule has 0 amide bonds. The van der Waals surface area contributed by atoms with Crippen LogP contribution in [-0.4, -0.2) is 42.9 Å². The van der Waals surface area contributed by atoms with Crippen LogP contribution in [0.25, 0.3) is 0 Å². The molecule has 0 aromatic heterocycles. The van der Waals surface area contributed by atoms with Crippen LogP contribution in [0.4, 0.5) is 0 Å². The Hall–Kier alpha value is -1.24. The van der Waals surface area contributed by atoms with Crippen LogP contribution in [0.3, 0.4) is 0 Å². The second kappa shape index (κ2) is 19.8. The Kier molecular flexibility index (Phi) is 17.1. The number of hydrogen-bond acceptors (Lipinski definition) is 6. The van der Waals surface area contributed by atoms with E-state index in [1.54, 1.807) is 6.08 Å². The first-order valence-electron chi connectivity index (χ1n) is 15.7. The topological polar surface area (TPSA) is 82.1 Å². The van der Waals surface area contributed by atoms with E-state index < -0.39 is 0 Å². The van der Waals surface area contributed by atoms with E-state index in [0.29, 0.717) is 0 Å². The number of ether oxygens (including phenoxy) is 2. The monoisotopic (exact) mass is 536 g/mol. The maximum Gasteiger partial charge on any atom is 0.309 e. The molecule has 1 N–H and O–H groups in total. The van der Waals surface area contributed by atoms with Crippen molar-refractivity contribution in [1.82, 2.24) is 0 Å². The van der Waals surface area contributed by atoms with Crippen LogP contribution in [0.1, 0.15) is 129 Å². The van der Waals surface area contributed by atoms with Gasteiger partial charge in [0.15, 0.2) is 0 Å². The van der Waals surface area contributed by atoms with Crippen molar-refractivity contribution in [3.63, 3.8) is 0 Å². The predicted molar refractivity (Wildman–Crippen MR) is 152 cm³/mol. The summed E-state index contributed by atoms with van der Waals surface area (Å²) in [4.78, 5) is 25.1. The van der Waals surface area contributed by atoms with Gasteiger partial charge >= 0.3 is 5.97 Å². The van der Waals surface area contributed by atoms with Gasteiger partial charge in [-0.2, -0.15) is 0 Å². The van der Waals surface area contributed by atoms with Crippen molar-refractivity contribution in [2.24, 2.45) is 23.7 Å². The summed E-state index contributed by atoms with van der Waals surface area (Å²) in [5, 5.41) is 8.72.